The van der Waals surface area contributed by atoms with Gasteiger partial charge in [-0.1, -0.05) is 12.1 Å². The molecule has 112 valence electrons. The van der Waals surface area contributed by atoms with E-state index in [1.54, 1.807) is 12.1 Å². The standard InChI is InChI=1S/C17H22FN3/c1-12-17(13(2)20-19-12)11-21-8-4-7-16(21)10-14-5-3-6-15(18)9-14/h3,5-6,9,16H,4,7-8,10-11H2,1-2H3,(H,19,20). The molecule has 0 saturated carbocycles. The van der Waals surface area contributed by atoms with Crippen molar-refractivity contribution in [2.24, 2.45) is 0 Å². The Morgan fingerprint density at radius 1 is 1.38 bits per heavy atom. The Bertz CT molecular complexity index is 601. The van der Waals surface area contributed by atoms with Gasteiger partial charge in [-0.15, -0.1) is 0 Å². The Morgan fingerprint density at radius 2 is 2.24 bits per heavy atom. The van der Waals surface area contributed by atoms with E-state index < -0.39 is 0 Å². The SMILES string of the molecule is Cc1n[nH]c(C)c1CN1CCCC1Cc1cccc(F)c1. The molecule has 0 bridgehead atoms. The summed E-state index contributed by atoms with van der Waals surface area (Å²) in [7, 11) is 0. The molecule has 1 saturated heterocycles. The summed E-state index contributed by atoms with van der Waals surface area (Å²) in [5.41, 5.74) is 4.64. The van der Waals surface area contributed by atoms with Crippen molar-refractivity contribution in [3.8, 4) is 0 Å². The van der Waals surface area contributed by atoms with Crippen LogP contribution in [-0.4, -0.2) is 27.7 Å². The highest BCUT2D eigenvalue weighted by Gasteiger charge is 2.26. The lowest BCUT2D eigenvalue weighted by Crippen LogP contribution is -2.31. The fraction of sp³-hybridized carbons (Fsp3) is 0.471. The van der Waals surface area contributed by atoms with E-state index in [0.717, 1.165) is 36.5 Å². The molecule has 1 atom stereocenters. The minimum Gasteiger partial charge on any atom is -0.296 e. The third-order valence-electron chi connectivity index (χ3n) is 4.50. The lowest BCUT2D eigenvalue weighted by atomic mass is 10.0. The zero-order chi connectivity index (χ0) is 14.8. The van der Waals surface area contributed by atoms with E-state index in [1.165, 1.54) is 24.5 Å². The number of benzene rings is 1. The first-order valence-corrected chi connectivity index (χ1v) is 7.62. The van der Waals surface area contributed by atoms with Crippen LogP contribution in [0.25, 0.3) is 0 Å². The Hall–Kier alpha value is -1.68. The molecule has 3 rings (SSSR count). The van der Waals surface area contributed by atoms with Crippen LogP contribution < -0.4 is 0 Å². The monoisotopic (exact) mass is 287 g/mol. The number of aryl methyl sites for hydroxylation is 2. The molecule has 0 amide bonds. The molecular formula is C17H22FN3. The fourth-order valence-electron chi connectivity index (χ4n) is 3.28. The molecule has 21 heavy (non-hydrogen) atoms. The Balaban J connectivity index is 1.71. The average Bonchev–Trinajstić information content (AvgIpc) is 3.01. The molecule has 3 nitrogen and oxygen atoms in total. The van der Waals surface area contributed by atoms with Gasteiger partial charge in [0, 0.05) is 23.8 Å². The molecule has 1 unspecified atom stereocenters. The number of hydrogen-bond donors (Lipinski definition) is 1. The van der Waals surface area contributed by atoms with Crippen LogP contribution in [0.1, 0.15) is 35.4 Å². The zero-order valence-electron chi connectivity index (χ0n) is 12.7. The summed E-state index contributed by atoms with van der Waals surface area (Å²) in [6.07, 6.45) is 3.33. The summed E-state index contributed by atoms with van der Waals surface area (Å²) in [5, 5.41) is 7.33. The summed E-state index contributed by atoms with van der Waals surface area (Å²) in [6.45, 7) is 6.18. The maximum Gasteiger partial charge on any atom is 0.123 e. The van der Waals surface area contributed by atoms with Crippen molar-refractivity contribution >= 4 is 0 Å². The van der Waals surface area contributed by atoms with E-state index in [0.29, 0.717) is 6.04 Å². The van der Waals surface area contributed by atoms with Crippen molar-refractivity contribution in [3.05, 3.63) is 52.6 Å². The van der Waals surface area contributed by atoms with Crippen molar-refractivity contribution in [1.29, 1.82) is 0 Å². The van der Waals surface area contributed by atoms with Crippen LogP contribution in [0.3, 0.4) is 0 Å². The highest BCUT2D eigenvalue weighted by molar-refractivity contribution is 5.23. The largest absolute Gasteiger partial charge is 0.296 e. The van der Waals surface area contributed by atoms with Gasteiger partial charge in [-0.25, -0.2) is 4.39 Å². The van der Waals surface area contributed by atoms with E-state index >= 15 is 0 Å². The van der Waals surface area contributed by atoms with E-state index in [9.17, 15) is 4.39 Å². The van der Waals surface area contributed by atoms with Crippen LogP contribution in [0.2, 0.25) is 0 Å². The Labute approximate surface area is 125 Å². The van der Waals surface area contributed by atoms with Gasteiger partial charge in [0.2, 0.25) is 0 Å². The summed E-state index contributed by atoms with van der Waals surface area (Å²) in [4.78, 5) is 2.51. The van der Waals surface area contributed by atoms with Gasteiger partial charge in [0.05, 0.1) is 5.69 Å². The molecule has 1 fully saturated rings. The first-order chi connectivity index (χ1) is 10.1. The van der Waals surface area contributed by atoms with E-state index in [2.05, 4.69) is 28.9 Å². The van der Waals surface area contributed by atoms with Crippen LogP contribution in [0.4, 0.5) is 4.39 Å². The number of likely N-dealkylation sites (tertiary alicyclic amines) is 1. The third-order valence-corrected chi connectivity index (χ3v) is 4.50. The second kappa shape index (κ2) is 5.98. The summed E-state index contributed by atoms with van der Waals surface area (Å²) in [6, 6.07) is 7.49. The first kappa shape index (κ1) is 14.3. The highest BCUT2D eigenvalue weighted by atomic mass is 19.1. The lowest BCUT2D eigenvalue weighted by molar-refractivity contribution is 0.243. The van der Waals surface area contributed by atoms with Crippen molar-refractivity contribution < 1.29 is 4.39 Å². The van der Waals surface area contributed by atoms with Gasteiger partial charge in [-0.05, 0) is 57.4 Å². The third kappa shape index (κ3) is 3.16. The van der Waals surface area contributed by atoms with Crippen molar-refractivity contribution in [2.75, 3.05) is 6.54 Å². The molecule has 2 heterocycles. The van der Waals surface area contributed by atoms with Gasteiger partial charge in [0.25, 0.3) is 0 Å². The second-order valence-electron chi connectivity index (χ2n) is 6.01. The molecule has 4 heteroatoms. The van der Waals surface area contributed by atoms with Crippen LogP contribution in [0.15, 0.2) is 24.3 Å². The Kier molecular flexibility index (Phi) is 4.06. The quantitative estimate of drug-likeness (QED) is 0.935. The highest BCUT2D eigenvalue weighted by Crippen LogP contribution is 2.25. The second-order valence-corrected chi connectivity index (χ2v) is 6.01. The topological polar surface area (TPSA) is 31.9 Å². The van der Waals surface area contributed by atoms with Gasteiger partial charge in [-0.3, -0.25) is 10.00 Å². The number of halogens is 1. The molecule has 1 aliphatic rings. The van der Waals surface area contributed by atoms with Crippen molar-refractivity contribution in [1.82, 2.24) is 15.1 Å². The number of aromatic amines is 1. The average molecular weight is 287 g/mol. The summed E-state index contributed by atoms with van der Waals surface area (Å²) in [5.74, 6) is -0.140. The van der Waals surface area contributed by atoms with Gasteiger partial charge in [0.15, 0.2) is 0 Å². The predicted octanol–water partition coefficient (Wildman–Crippen LogP) is 3.37. The van der Waals surface area contributed by atoms with E-state index in [4.69, 9.17) is 0 Å². The number of hydrogen-bond acceptors (Lipinski definition) is 2. The number of nitrogens with one attached hydrogen (secondary N) is 1. The molecule has 1 aromatic carbocycles. The molecule has 1 N–H and O–H groups in total. The van der Waals surface area contributed by atoms with Crippen molar-refractivity contribution in [2.45, 2.75) is 45.7 Å². The molecule has 0 aliphatic carbocycles. The molecular weight excluding hydrogens is 265 g/mol. The maximum absolute atomic E-state index is 13.3. The van der Waals surface area contributed by atoms with Gasteiger partial charge < -0.3 is 0 Å². The normalized spacial score (nSPS) is 19.3. The predicted molar refractivity (Wildman–Crippen MR) is 81.6 cm³/mol. The number of aromatic nitrogens is 2. The minimum absolute atomic E-state index is 0.140. The Morgan fingerprint density at radius 3 is 2.95 bits per heavy atom. The maximum atomic E-state index is 13.3. The smallest absolute Gasteiger partial charge is 0.123 e. The van der Waals surface area contributed by atoms with Gasteiger partial charge >= 0.3 is 0 Å². The number of H-pyrrole nitrogens is 1. The minimum atomic E-state index is -0.140. The zero-order valence-corrected chi connectivity index (χ0v) is 12.7. The molecule has 0 spiro atoms. The van der Waals surface area contributed by atoms with Crippen LogP contribution in [0.5, 0.6) is 0 Å². The lowest BCUT2D eigenvalue weighted by Gasteiger charge is -2.24. The molecule has 1 aromatic heterocycles. The van der Waals surface area contributed by atoms with Gasteiger partial charge in [0.1, 0.15) is 5.82 Å². The fourth-order valence-corrected chi connectivity index (χ4v) is 3.28. The van der Waals surface area contributed by atoms with Crippen molar-refractivity contribution in [3.63, 3.8) is 0 Å². The van der Waals surface area contributed by atoms with E-state index in [1.807, 2.05) is 6.07 Å². The summed E-state index contributed by atoms with van der Waals surface area (Å²) < 4.78 is 13.3. The molecule has 2 aromatic rings. The number of nitrogens with zero attached hydrogens (tertiary/aromatic N) is 2. The number of rotatable bonds is 4. The molecule has 0 radical (unpaired) electrons. The van der Waals surface area contributed by atoms with Crippen LogP contribution >= 0.6 is 0 Å². The summed E-state index contributed by atoms with van der Waals surface area (Å²) >= 11 is 0. The first-order valence-electron chi connectivity index (χ1n) is 7.62. The van der Waals surface area contributed by atoms with Crippen LogP contribution in [-0.2, 0) is 13.0 Å². The molecule has 1 aliphatic heterocycles. The van der Waals surface area contributed by atoms with Gasteiger partial charge in [-0.2, -0.15) is 5.10 Å². The van der Waals surface area contributed by atoms with E-state index in [-0.39, 0.29) is 5.82 Å². The van der Waals surface area contributed by atoms with Crippen LogP contribution in [0, 0.1) is 19.7 Å².